The van der Waals surface area contributed by atoms with Crippen LogP contribution in [0.1, 0.15) is 35.6 Å². The Morgan fingerprint density at radius 1 is 0.844 bits per heavy atom. The highest BCUT2D eigenvalue weighted by Gasteiger charge is 2.22. The minimum absolute atomic E-state index is 0.0764. The molecule has 0 aliphatic carbocycles. The van der Waals surface area contributed by atoms with Gasteiger partial charge in [-0.25, -0.2) is 4.39 Å². The first-order chi connectivity index (χ1) is 15.8. The lowest BCUT2D eigenvalue weighted by atomic mass is 10.0. The average molecular weight is 434 g/mol. The molecule has 3 aromatic carbocycles. The molecule has 1 heterocycles. The summed E-state index contributed by atoms with van der Waals surface area (Å²) in [5.74, 6) is -0.170. The van der Waals surface area contributed by atoms with Crippen LogP contribution in [0, 0.1) is 5.82 Å². The second kappa shape index (κ2) is 11.9. The molecule has 0 saturated carbocycles. The van der Waals surface area contributed by atoms with Gasteiger partial charge in [-0.3, -0.25) is 0 Å². The summed E-state index contributed by atoms with van der Waals surface area (Å²) in [4.78, 5) is 2.46. The summed E-state index contributed by atoms with van der Waals surface area (Å²) in [5, 5.41) is 0. The van der Waals surface area contributed by atoms with Crippen molar-refractivity contribution in [1.82, 2.24) is 4.90 Å². The maximum atomic E-state index is 13.0. The van der Waals surface area contributed by atoms with Crippen LogP contribution in [-0.2, 0) is 15.9 Å². The molecular formula is C28H32FNO2. The van der Waals surface area contributed by atoms with E-state index in [0.29, 0.717) is 13.2 Å². The molecule has 0 amide bonds. The summed E-state index contributed by atoms with van der Waals surface area (Å²) >= 11 is 0. The second-order valence-electron chi connectivity index (χ2n) is 8.38. The number of aryl methyl sites for hydroxylation is 1. The molecule has 0 spiro atoms. The number of hydrogen-bond acceptors (Lipinski definition) is 3. The van der Waals surface area contributed by atoms with Crippen molar-refractivity contribution in [3.63, 3.8) is 0 Å². The lowest BCUT2D eigenvalue weighted by molar-refractivity contribution is -0.00887. The maximum absolute atomic E-state index is 13.0. The van der Waals surface area contributed by atoms with E-state index in [9.17, 15) is 4.39 Å². The summed E-state index contributed by atoms with van der Waals surface area (Å²) < 4.78 is 25.4. The predicted octanol–water partition coefficient (Wildman–Crippen LogP) is 5.66. The maximum Gasteiger partial charge on any atom is 0.123 e. The molecule has 32 heavy (non-hydrogen) atoms. The third kappa shape index (κ3) is 6.73. The number of halogens is 1. The van der Waals surface area contributed by atoms with E-state index in [1.54, 1.807) is 0 Å². The fraction of sp³-hybridized carbons (Fsp3) is 0.357. The summed E-state index contributed by atoms with van der Waals surface area (Å²) in [7, 11) is 0. The second-order valence-corrected chi connectivity index (χ2v) is 8.38. The zero-order valence-corrected chi connectivity index (χ0v) is 18.5. The van der Waals surface area contributed by atoms with Crippen molar-refractivity contribution in [2.75, 3.05) is 32.8 Å². The van der Waals surface area contributed by atoms with E-state index in [4.69, 9.17) is 9.47 Å². The number of nitrogens with zero attached hydrogens (tertiary/aromatic N) is 1. The third-order valence-corrected chi connectivity index (χ3v) is 6.01. The van der Waals surface area contributed by atoms with Crippen molar-refractivity contribution < 1.29 is 13.9 Å². The molecule has 0 bridgehead atoms. The Kier molecular flexibility index (Phi) is 8.43. The molecule has 0 unspecified atom stereocenters. The molecule has 4 rings (SSSR count). The van der Waals surface area contributed by atoms with Gasteiger partial charge >= 0.3 is 0 Å². The number of benzene rings is 3. The highest BCUT2D eigenvalue weighted by Crippen LogP contribution is 2.25. The molecule has 1 saturated heterocycles. The van der Waals surface area contributed by atoms with Gasteiger partial charge in [0.25, 0.3) is 0 Å². The molecule has 1 aliphatic rings. The fourth-order valence-corrected chi connectivity index (χ4v) is 4.32. The fourth-order valence-electron chi connectivity index (χ4n) is 4.32. The molecular weight excluding hydrogens is 401 g/mol. The lowest BCUT2D eigenvalue weighted by Crippen LogP contribution is -2.25. The highest BCUT2D eigenvalue weighted by molar-refractivity contribution is 5.29. The Morgan fingerprint density at radius 2 is 1.50 bits per heavy atom. The van der Waals surface area contributed by atoms with Gasteiger partial charge in [-0.2, -0.15) is 0 Å². The van der Waals surface area contributed by atoms with E-state index in [0.717, 1.165) is 50.0 Å². The Balaban J connectivity index is 1.17. The minimum atomic E-state index is -0.170. The van der Waals surface area contributed by atoms with Crippen LogP contribution < -0.4 is 0 Å². The summed E-state index contributed by atoms with van der Waals surface area (Å²) in [6.07, 6.45) is 3.33. The van der Waals surface area contributed by atoms with Crippen LogP contribution in [0.15, 0.2) is 84.9 Å². The molecule has 1 fully saturated rings. The molecule has 1 aliphatic heterocycles. The normalized spacial score (nSPS) is 16.6. The van der Waals surface area contributed by atoms with Crippen LogP contribution >= 0.6 is 0 Å². The number of hydrogen-bond donors (Lipinski definition) is 0. The summed E-state index contributed by atoms with van der Waals surface area (Å²) in [5.41, 5.74) is 3.51. The first kappa shape index (κ1) is 22.7. The Bertz CT molecular complexity index is 878. The standard InChI is InChI=1S/C28H32FNO2/c29-26-15-13-23(14-16-26)8-7-18-30-19-17-27(22-30)31-20-21-32-28(24-9-3-1-4-10-24)25-11-5-2-6-12-25/h1-6,9-16,27-28H,7-8,17-22H2/t27-/m0/s1. The quantitative estimate of drug-likeness (QED) is 0.365. The molecule has 1 atom stereocenters. The van der Waals surface area contributed by atoms with Crippen LogP contribution in [0.3, 0.4) is 0 Å². The van der Waals surface area contributed by atoms with Crippen LogP contribution in [0.25, 0.3) is 0 Å². The Hall–Kier alpha value is -2.53. The van der Waals surface area contributed by atoms with Gasteiger partial charge in [-0.1, -0.05) is 72.8 Å². The molecule has 168 valence electrons. The van der Waals surface area contributed by atoms with E-state index in [2.05, 4.69) is 29.2 Å². The molecule has 3 nitrogen and oxygen atoms in total. The Morgan fingerprint density at radius 3 is 2.16 bits per heavy atom. The first-order valence-electron chi connectivity index (χ1n) is 11.6. The summed E-state index contributed by atoms with van der Waals surface area (Å²) in [6.45, 7) is 4.27. The lowest BCUT2D eigenvalue weighted by Gasteiger charge is -2.20. The largest absolute Gasteiger partial charge is 0.374 e. The topological polar surface area (TPSA) is 21.7 Å². The minimum Gasteiger partial charge on any atom is -0.374 e. The zero-order valence-electron chi connectivity index (χ0n) is 18.5. The third-order valence-electron chi connectivity index (χ3n) is 6.01. The van der Waals surface area contributed by atoms with Gasteiger partial charge in [-0.05, 0) is 54.6 Å². The molecule has 3 aromatic rings. The van der Waals surface area contributed by atoms with Gasteiger partial charge < -0.3 is 14.4 Å². The van der Waals surface area contributed by atoms with Crippen LogP contribution in [0.2, 0.25) is 0 Å². The summed E-state index contributed by atoms with van der Waals surface area (Å²) in [6, 6.07) is 27.5. The highest BCUT2D eigenvalue weighted by atomic mass is 19.1. The van der Waals surface area contributed by atoms with Crippen LogP contribution in [-0.4, -0.2) is 43.9 Å². The molecule has 0 aromatic heterocycles. The zero-order chi connectivity index (χ0) is 22.0. The Labute approximate surface area is 190 Å². The van der Waals surface area contributed by atoms with Gasteiger partial charge in [0.05, 0.1) is 19.3 Å². The van der Waals surface area contributed by atoms with Gasteiger partial charge in [0, 0.05) is 13.1 Å². The van der Waals surface area contributed by atoms with E-state index >= 15 is 0 Å². The monoisotopic (exact) mass is 433 g/mol. The van der Waals surface area contributed by atoms with E-state index in [-0.39, 0.29) is 18.0 Å². The van der Waals surface area contributed by atoms with Crippen molar-refractivity contribution in [1.29, 1.82) is 0 Å². The average Bonchev–Trinajstić information content (AvgIpc) is 3.29. The van der Waals surface area contributed by atoms with Gasteiger partial charge in [0.2, 0.25) is 0 Å². The molecule has 0 N–H and O–H groups in total. The van der Waals surface area contributed by atoms with Crippen LogP contribution in [0.4, 0.5) is 4.39 Å². The van der Waals surface area contributed by atoms with E-state index < -0.39 is 0 Å². The van der Waals surface area contributed by atoms with Gasteiger partial charge in [0.15, 0.2) is 0 Å². The molecule has 0 radical (unpaired) electrons. The van der Waals surface area contributed by atoms with Gasteiger partial charge in [-0.15, -0.1) is 0 Å². The van der Waals surface area contributed by atoms with Crippen molar-refractivity contribution in [3.05, 3.63) is 107 Å². The number of ether oxygens (including phenoxy) is 2. The SMILES string of the molecule is Fc1ccc(CCCN2CC[C@H](OCCOC(c3ccccc3)c3ccccc3)C2)cc1. The number of likely N-dealkylation sites (tertiary alicyclic amines) is 1. The first-order valence-corrected chi connectivity index (χ1v) is 11.6. The van der Waals surface area contributed by atoms with E-state index in [1.165, 1.54) is 17.7 Å². The number of rotatable bonds is 11. The van der Waals surface area contributed by atoms with Gasteiger partial charge in [0.1, 0.15) is 11.9 Å². The van der Waals surface area contributed by atoms with Crippen molar-refractivity contribution in [2.24, 2.45) is 0 Å². The van der Waals surface area contributed by atoms with Crippen LogP contribution in [0.5, 0.6) is 0 Å². The molecule has 4 heteroatoms. The van der Waals surface area contributed by atoms with Crippen molar-refractivity contribution in [2.45, 2.75) is 31.5 Å². The van der Waals surface area contributed by atoms with Crippen molar-refractivity contribution in [3.8, 4) is 0 Å². The predicted molar refractivity (Wildman–Crippen MR) is 126 cm³/mol. The van der Waals surface area contributed by atoms with Crippen molar-refractivity contribution >= 4 is 0 Å². The van der Waals surface area contributed by atoms with E-state index in [1.807, 2.05) is 48.5 Å². The smallest absolute Gasteiger partial charge is 0.123 e.